The van der Waals surface area contributed by atoms with Crippen LogP contribution in [0.4, 0.5) is 0 Å². The van der Waals surface area contributed by atoms with Crippen molar-refractivity contribution in [1.82, 2.24) is 0 Å². The average Bonchev–Trinajstić information content (AvgIpc) is 2.33. The van der Waals surface area contributed by atoms with Gasteiger partial charge in [-0.05, 0) is 5.46 Å². The van der Waals surface area contributed by atoms with Crippen LogP contribution in [0, 0.1) is 0 Å². The molecule has 1 aromatic carbocycles. The first-order valence-electron chi connectivity index (χ1n) is 4.97. The third-order valence-electron chi connectivity index (χ3n) is 2.31. The number of hydrogen-bond acceptors (Lipinski definition) is 4. The smallest absolute Gasteiger partial charge is 0.410 e. The molecule has 0 amide bonds. The van der Waals surface area contributed by atoms with Crippen molar-refractivity contribution < 1.29 is 18.8 Å². The van der Waals surface area contributed by atoms with E-state index in [0.29, 0.717) is 0 Å². The first kappa shape index (κ1) is 13.2. The van der Waals surface area contributed by atoms with Gasteiger partial charge in [-0.25, -0.2) is 0 Å². The summed E-state index contributed by atoms with van der Waals surface area (Å²) in [6.07, 6.45) is -0.366. The van der Waals surface area contributed by atoms with Crippen LogP contribution in [-0.2, 0) is 18.8 Å². The number of methoxy groups -OCH3 is 2. The van der Waals surface area contributed by atoms with Crippen molar-refractivity contribution in [3.8, 4) is 0 Å². The van der Waals surface area contributed by atoms with Crippen LogP contribution in [0.5, 0.6) is 0 Å². The van der Waals surface area contributed by atoms with E-state index in [1.54, 1.807) is 28.4 Å². The molecule has 0 aliphatic rings. The van der Waals surface area contributed by atoms with Gasteiger partial charge in [-0.15, -0.1) is 0 Å². The Morgan fingerprint density at radius 3 is 2.12 bits per heavy atom. The molecule has 0 aromatic heterocycles. The Morgan fingerprint density at radius 1 is 1.00 bits per heavy atom. The van der Waals surface area contributed by atoms with Gasteiger partial charge in [-0.1, -0.05) is 24.3 Å². The normalized spacial score (nSPS) is 10.8. The van der Waals surface area contributed by atoms with Crippen LogP contribution in [0.1, 0.15) is 11.9 Å². The molecule has 16 heavy (non-hydrogen) atoms. The Hall–Kier alpha value is -0.875. The zero-order valence-corrected chi connectivity index (χ0v) is 10.1. The SMILES string of the molecule is COB(OC)c1cccc(C(OC)OC)c1. The van der Waals surface area contributed by atoms with E-state index in [0.717, 1.165) is 11.0 Å². The Bertz CT molecular complexity index is 283. The first-order valence-corrected chi connectivity index (χ1v) is 4.97. The van der Waals surface area contributed by atoms with Gasteiger partial charge in [0, 0.05) is 34.0 Å². The van der Waals surface area contributed by atoms with Crippen LogP contribution in [0.3, 0.4) is 0 Å². The largest absolute Gasteiger partial charge is 0.493 e. The zero-order valence-electron chi connectivity index (χ0n) is 10.1. The highest BCUT2D eigenvalue weighted by atomic mass is 16.7. The lowest BCUT2D eigenvalue weighted by Gasteiger charge is -2.15. The maximum atomic E-state index is 5.18. The van der Waals surface area contributed by atoms with E-state index in [9.17, 15) is 0 Å². The van der Waals surface area contributed by atoms with E-state index in [4.69, 9.17) is 18.8 Å². The van der Waals surface area contributed by atoms with Gasteiger partial charge in [-0.2, -0.15) is 0 Å². The summed E-state index contributed by atoms with van der Waals surface area (Å²) >= 11 is 0. The molecule has 4 nitrogen and oxygen atoms in total. The third kappa shape index (κ3) is 3.06. The fraction of sp³-hybridized carbons (Fsp3) is 0.455. The van der Waals surface area contributed by atoms with Gasteiger partial charge in [0.15, 0.2) is 6.29 Å². The maximum absolute atomic E-state index is 5.18. The summed E-state index contributed by atoms with van der Waals surface area (Å²) in [6, 6.07) is 7.73. The minimum Gasteiger partial charge on any atom is -0.410 e. The van der Waals surface area contributed by atoms with E-state index in [1.165, 1.54) is 0 Å². The topological polar surface area (TPSA) is 36.9 Å². The number of ether oxygens (including phenoxy) is 2. The molecule has 0 heterocycles. The van der Waals surface area contributed by atoms with Crippen molar-refractivity contribution in [2.45, 2.75) is 6.29 Å². The Labute approximate surface area is 96.6 Å². The fourth-order valence-corrected chi connectivity index (χ4v) is 1.59. The predicted molar refractivity (Wildman–Crippen MR) is 62.6 cm³/mol. The summed E-state index contributed by atoms with van der Waals surface area (Å²) in [6.45, 7) is 0. The Kier molecular flexibility index (Phi) is 5.48. The van der Waals surface area contributed by atoms with Gasteiger partial charge in [0.2, 0.25) is 0 Å². The Balaban J connectivity index is 2.93. The number of benzene rings is 1. The van der Waals surface area contributed by atoms with Crippen molar-refractivity contribution in [3.63, 3.8) is 0 Å². The molecule has 88 valence electrons. The minimum atomic E-state index is -0.366. The summed E-state index contributed by atoms with van der Waals surface area (Å²) in [5.74, 6) is 0. The fourth-order valence-electron chi connectivity index (χ4n) is 1.59. The quantitative estimate of drug-likeness (QED) is 0.532. The highest BCUT2D eigenvalue weighted by Crippen LogP contribution is 2.15. The van der Waals surface area contributed by atoms with Crippen LogP contribution in [0.15, 0.2) is 24.3 Å². The van der Waals surface area contributed by atoms with Crippen molar-refractivity contribution >= 4 is 12.6 Å². The van der Waals surface area contributed by atoms with Crippen LogP contribution < -0.4 is 5.46 Å². The van der Waals surface area contributed by atoms with Gasteiger partial charge >= 0.3 is 7.12 Å². The van der Waals surface area contributed by atoms with Gasteiger partial charge in [0.25, 0.3) is 0 Å². The lowest BCUT2D eigenvalue weighted by molar-refractivity contribution is -0.105. The molecule has 0 aliphatic carbocycles. The molecule has 0 saturated heterocycles. The van der Waals surface area contributed by atoms with Crippen molar-refractivity contribution in [2.75, 3.05) is 28.4 Å². The summed E-state index contributed by atoms with van der Waals surface area (Å²) in [5, 5.41) is 0. The van der Waals surface area contributed by atoms with Gasteiger partial charge in [0.1, 0.15) is 0 Å². The lowest BCUT2D eigenvalue weighted by atomic mass is 9.78. The van der Waals surface area contributed by atoms with Crippen LogP contribution in [0.25, 0.3) is 0 Å². The summed E-state index contributed by atoms with van der Waals surface area (Å²) in [5.41, 5.74) is 1.86. The minimum absolute atomic E-state index is 0.366. The van der Waals surface area contributed by atoms with Gasteiger partial charge in [0.05, 0.1) is 0 Å². The zero-order chi connectivity index (χ0) is 12.0. The monoisotopic (exact) mass is 224 g/mol. The van der Waals surface area contributed by atoms with Crippen LogP contribution >= 0.6 is 0 Å². The average molecular weight is 224 g/mol. The number of rotatable bonds is 6. The second-order valence-corrected chi connectivity index (χ2v) is 3.28. The molecule has 1 aromatic rings. The molecular formula is C11H17BO4. The van der Waals surface area contributed by atoms with Crippen molar-refractivity contribution in [2.24, 2.45) is 0 Å². The molecule has 0 N–H and O–H groups in total. The van der Waals surface area contributed by atoms with Crippen molar-refractivity contribution in [1.29, 1.82) is 0 Å². The molecule has 0 spiro atoms. The first-order chi connectivity index (χ1) is 7.76. The molecule has 0 aliphatic heterocycles. The molecule has 1 rings (SSSR count). The Morgan fingerprint density at radius 2 is 1.62 bits per heavy atom. The standard InChI is InChI=1S/C11H17BO4/c1-13-11(14-2)9-6-5-7-10(8-9)12(15-3)16-4/h5-8,11H,1-4H3. The predicted octanol–water partition coefficient (Wildman–Crippen LogP) is 0.966. The molecule has 0 radical (unpaired) electrons. The van der Waals surface area contributed by atoms with Gasteiger partial charge in [-0.3, -0.25) is 0 Å². The maximum Gasteiger partial charge on any atom is 0.493 e. The third-order valence-corrected chi connectivity index (χ3v) is 2.31. The van der Waals surface area contributed by atoms with E-state index in [2.05, 4.69) is 0 Å². The van der Waals surface area contributed by atoms with E-state index < -0.39 is 0 Å². The van der Waals surface area contributed by atoms with E-state index in [-0.39, 0.29) is 13.4 Å². The molecule has 0 atom stereocenters. The van der Waals surface area contributed by atoms with E-state index >= 15 is 0 Å². The molecule has 5 heteroatoms. The summed E-state index contributed by atoms with van der Waals surface area (Å²) in [4.78, 5) is 0. The highest BCUT2D eigenvalue weighted by Gasteiger charge is 2.19. The number of hydrogen-bond donors (Lipinski definition) is 0. The van der Waals surface area contributed by atoms with Crippen LogP contribution in [0.2, 0.25) is 0 Å². The summed E-state index contributed by atoms with van der Waals surface area (Å²) in [7, 11) is 6.04. The second kappa shape index (κ2) is 6.65. The second-order valence-electron chi connectivity index (χ2n) is 3.28. The van der Waals surface area contributed by atoms with E-state index in [1.807, 2.05) is 24.3 Å². The van der Waals surface area contributed by atoms with Crippen LogP contribution in [-0.4, -0.2) is 35.6 Å². The van der Waals surface area contributed by atoms with Gasteiger partial charge < -0.3 is 18.8 Å². The molecule has 0 fully saturated rings. The molecule has 0 unspecified atom stereocenters. The lowest BCUT2D eigenvalue weighted by Crippen LogP contribution is -2.35. The molecule has 0 bridgehead atoms. The highest BCUT2D eigenvalue weighted by molar-refractivity contribution is 6.61. The summed E-state index contributed by atoms with van der Waals surface area (Å²) < 4.78 is 20.7. The van der Waals surface area contributed by atoms with Crippen molar-refractivity contribution in [3.05, 3.63) is 29.8 Å². The molecular weight excluding hydrogens is 207 g/mol. The molecule has 0 saturated carbocycles.